The van der Waals surface area contributed by atoms with Crippen LogP contribution in [-0.2, 0) is 5.54 Å². The normalized spacial score (nSPS) is 32.0. The second-order valence-corrected chi connectivity index (χ2v) is 10.0. The predicted octanol–water partition coefficient (Wildman–Crippen LogP) is 3.44. The maximum absolute atomic E-state index is 11.4. The van der Waals surface area contributed by atoms with Crippen LogP contribution in [0.2, 0.25) is 0 Å². The first-order valence-electron chi connectivity index (χ1n) is 11.7. The van der Waals surface area contributed by atoms with Crippen molar-refractivity contribution in [2.75, 3.05) is 32.1 Å². The molecular weight excluding hydrogens is 386 g/mol. The lowest BCUT2D eigenvalue weighted by atomic mass is 9.68. The van der Waals surface area contributed by atoms with E-state index in [2.05, 4.69) is 69.1 Å². The van der Waals surface area contributed by atoms with Gasteiger partial charge in [0.15, 0.2) is 6.35 Å². The number of anilines is 1. The Hall–Kier alpha value is -2.02. The Bertz CT molecular complexity index is 862. The van der Waals surface area contributed by atoms with Gasteiger partial charge in [-0.3, -0.25) is 14.8 Å². The molecule has 1 aromatic carbocycles. The topological polar surface area (TPSA) is 55.7 Å². The fraction of sp³-hybridized carbons (Fsp3) is 0.600. The van der Waals surface area contributed by atoms with Crippen LogP contribution in [0, 0.1) is 5.92 Å². The molecule has 6 heteroatoms. The third-order valence-electron chi connectivity index (χ3n) is 8.33. The zero-order valence-electron chi connectivity index (χ0n) is 18.8. The molecule has 166 valence electrons. The van der Waals surface area contributed by atoms with Gasteiger partial charge >= 0.3 is 0 Å². The zero-order valence-corrected chi connectivity index (χ0v) is 18.8. The monoisotopic (exact) mass is 421 g/mol. The number of aromatic nitrogens is 2. The Morgan fingerprint density at radius 3 is 2.39 bits per heavy atom. The van der Waals surface area contributed by atoms with Crippen LogP contribution in [0.15, 0.2) is 48.9 Å². The van der Waals surface area contributed by atoms with Gasteiger partial charge in [-0.2, -0.15) is 0 Å². The highest BCUT2D eigenvalue weighted by molar-refractivity contribution is 5.40. The molecule has 1 saturated heterocycles. The summed E-state index contributed by atoms with van der Waals surface area (Å²) in [5, 5.41) is 11.4. The van der Waals surface area contributed by atoms with E-state index >= 15 is 0 Å². The molecule has 0 bridgehead atoms. The number of aliphatic hydroxyl groups excluding tert-OH is 1. The van der Waals surface area contributed by atoms with Crippen molar-refractivity contribution < 1.29 is 5.11 Å². The quantitative estimate of drug-likeness (QED) is 0.798. The van der Waals surface area contributed by atoms with Gasteiger partial charge in [0.2, 0.25) is 0 Å². The molecule has 6 nitrogen and oxygen atoms in total. The van der Waals surface area contributed by atoms with E-state index in [-0.39, 0.29) is 11.1 Å². The fourth-order valence-corrected chi connectivity index (χ4v) is 6.10. The van der Waals surface area contributed by atoms with E-state index in [0.717, 1.165) is 44.6 Å². The summed E-state index contributed by atoms with van der Waals surface area (Å²) in [5.41, 5.74) is 1.45. The molecule has 0 amide bonds. The SMILES string of the molecule is CN(C)[C@]1(c2ccccc2)CC[C@]2(CC1)CN(c1cnccn1)C(O)N2CC1CCC1. The van der Waals surface area contributed by atoms with E-state index in [1.165, 1.54) is 24.8 Å². The van der Waals surface area contributed by atoms with Gasteiger partial charge in [-0.15, -0.1) is 0 Å². The average molecular weight is 422 g/mol. The van der Waals surface area contributed by atoms with Crippen molar-refractivity contribution in [2.45, 2.75) is 62.4 Å². The molecule has 31 heavy (non-hydrogen) atoms. The molecule has 1 spiro atoms. The second kappa shape index (κ2) is 8.15. The van der Waals surface area contributed by atoms with Gasteiger partial charge < -0.3 is 10.0 Å². The van der Waals surface area contributed by atoms with Crippen molar-refractivity contribution in [3.05, 3.63) is 54.5 Å². The van der Waals surface area contributed by atoms with Crippen LogP contribution in [0.3, 0.4) is 0 Å². The first-order chi connectivity index (χ1) is 15.0. The Kier molecular flexibility index (Phi) is 5.49. The Labute approximate surface area is 185 Å². The molecule has 1 aliphatic heterocycles. The van der Waals surface area contributed by atoms with Crippen molar-refractivity contribution in [1.29, 1.82) is 0 Å². The minimum absolute atomic E-state index is 0.0131. The van der Waals surface area contributed by atoms with Gasteiger partial charge in [0.25, 0.3) is 0 Å². The third kappa shape index (κ3) is 3.55. The van der Waals surface area contributed by atoms with Gasteiger partial charge in [0.1, 0.15) is 5.82 Å². The van der Waals surface area contributed by atoms with Gasteiger partial charge in [-0.1, -0.05) is 36.8 Å². The highest BCUT2D eigenvalue weighted by Gasteiger charge is 2.55. The van der Waals surface area contributed by atoms with E-state index in [9.17, 15) is 5.11 Å². The molecule has 2 aromatic rings. The number of benzene rings is 1. The standard InChI is InChI=1S/C25H35N5O/c1-28(2)25(21-9-4-3-5-10-21)13-11-24(12-14-25)19-29(22-17-26-15-16-27-22)23(31)30(24)18-20-7-6-8-20/h3-5,9-10,15-17,20,23,31H,6-8,11-14,18-19H2,1-2H3/t23?,24-,25+. The van der Waals surface area contributed by atoms with Gasteiger partial charge in [-0.25, -0.2) is 4.98 Å². The van der Waals surface area contributed by atoms with Crippen molar-refractivity contribution >= 4 is 5.82 Å². The lowest BCUT2D eigenvalue weighted by molar-refractivity contribution is -0.0661. The maximum Gasteiger partial charge on any atom is 0.188 e. The number of rotatable bonds is 5. The van der Waals surface area contributed by atoms with Crippen molar-refractivity contribution in [3.8, 4) is 0 Å². The summed E-state index contributed by atoms with van der Waals surface area (Å²) in [6.07, 6.45) is 12.8. The average Bonchev–Trinajstić information content (AvgIpc) is 3.04. The van der Waals surface area contributed by atoms with E-state index in [4.69, 9.17) is 0 Å². The molecule has 3 fully saturated rings. The predicted molar refractivity (Wildman–Crippen MR) is 122 cm³/mol. The smallest absolute Gasteiger partial charge is 0.188 e. The number of hydrogen-bond acceptors (Lipinski definition) is 6. The van der Waals surface area contributed by atoms with E-state index < -0.39 is 6.35 Å². The molecule has 2 aliphatic carbocycles. The summed E-state index contributed by atoms with van der Waals surface area (Å²) >= 11 is 0. The molecule has 1 N–H and O–H groups in total. The van der Waals surface area contributed by atoms with Crippen molar-refractivity contribution in [2.24, 2.45) is 5.92 Å². The summed E-state index contributed by atoms with van der Waals surface area (Å²) in [6.45, 7) is 1.80. The summed E-state index contributed by atoms with van der Waals surface area (Å²) in [6, 6.07) is 11.0. The molecule has 2 heterocycles. The summed E-state index contributed by atoms with van der Waals surface area (Å²) in [5.74, 6) is 1.49. The van der Waals surface area contributed by atoms with Crippen LogP contribution >= 0.6 is 0 Å². The van der Waals surface area contributed by atoms with Crippen LogP contribution < -0.4 is 4.90 Å². The van der Waals surface area contributed by atoms with E-state index in [1.807, 2.05) is 0 Å². The van der Waals surface area contributed by atoms with Crippen molar-refractivity contribution in [1.82, 2.24) is 19.8 Å². The van der Waals surface area contributed by atoms with Crippen LogP contribution in [0.25, 0.3) is 0 Å². The highest BCUT2D eigenvalue weighted by atomic mass is 16.3. The molecule has 2 saturated carbocycles. The van der Waals surface area contributed by atoms with Crippen LogP contribution in [0.5, 0.6) is 0 Å². The van der Waals surface area contributed by atoms with E-state index in [1.54, 1.807) is 18.6 Å². The molecule has 5 rings (SSSR count). The van der Waals surface area contributed by atoms with E-state index in [0.29, 0.717) is 5.92 Å². The van der Waals surface area contributed by atoms with Gasteiger partial charge in [0.05, 0.1) is 6.20 Å². The summed E-state index contributed by atoms with van der Waals surface area (Å²) in [7, 11) is 4.43. The fourth-order valence-electron chi connectivity index (χ4n) is 6.10. The minimum Gasteiger partial charge on any atom is -0.361 e. The van der Waals surface area contributed by atoms with Gasteiger partial charge in [0, 0.05) is 36.6 Å². The Morgan fingerprint density at radius 2 is 1.81 bits per heavy atom. The first-order valence-corrected chi connectivity index (χ1v) is 11.7. The first kappa shape index (κ1) is 20.9. The molecule has 0 radical (unpaired) electrons. The minimum atomic E-state index is -0.624. The Balaban J connectivity index is 1.44. The van der Waals surface area contributed by atoms with Gasteiger partial charge in [-0.05, 0) is 64.1 Å². The molecular formula is C25H35N5O. The summed E-state index contributed by atoms with van der Waals surface area (Å²) < 4.78 is 0. The lowest BCUT2D eigenvalue weighted by Crippen LogP contribution is -2.57. The lowest BCUT2D eigenvalue weighted by Gasteiger charge is -2.52. The molecule has 1 atom stereocenters. The van der Waals surface area contributed by atoms with Crippen molar-refractivity contribution in [3.63, 3.8) is 0 Å². The van der Waals surface area contributed by atoms with Crippen LogP contribution in [0.4, 0.5) is 5.82 Å². The number of aliphatic hydroxyl groups is 1. The highest BCUT2D eigenvalue weighted by Crippen LogP contribution is 2.50. The maximum atomic E-state index is 11.4. The molecule has 3 aliphatic rings. The number of hydrogen-bond donors (Lipinski definition) is 1. The Morgan fingerprint density at radius 1 is 1.06 bits per heavy atom. The van der Waals surface area contributed by atoms with Crippen LogP contribution in [-0.4, -0.2) is 63.9 Å². The zero-order chi connectivity index (χ0) is 21.5. The molecule has 1 aromatic heterocycles. The number of nitrogens with zero attached hydrogens (tertiary/aromatic N) is 5. The summed E-state index contributed by atoms with van der Waals surface area (Å²) in [4.78, 5) is 15.7. The third-order valence-corrected chi connectivity index (χ3v) is 8.33. The van der Waals surface area contributed by atoms with Crippen LogP contribution in [0.1, 0.15) is 50.5 Å². The largest absolute Gasteiger partial charge is 0.361 e. The second-order valence-electron chi connectivity index (χ2n) is 10.0. The molecule has 1 unspecified atom stereocenters.